The Morgan fingerprint density at radius 3 is 2.47 bits per heavy atom. The predicted molar refractivity (Wildman–Crippen MR) is 115 cm³/mol. The van der Waals surface area contributed by atoms with Crippen LogP contribution in [0.3, 0.4) is 0 Å². The maximum atomic E-state index is 14.3. The van der Waals surface area contributed by atoms with Gasteiger partial charge in [-0.2, -0.15) is 5.10 Å². The maximum absolute atomic E-state index is 14.3. The lowest BCUT2D eigenvalue weighted by Crippen LogP contribution is -2.37. The van der Waals surface area contributed by atoms with Crippen LogP contribution in [0.4, 0.5) is 4.39 Å². The van der Waals surface area contributed by atoms with Crippen LogP contribution in [0.25, 0.3) is 21.8 Å². The number of hydrogen-bond donors (Lipinski definition) is 0. The van der Waals surface area contributed by atoms with Gasteiger partial charge in [0.2, 0.25) is 5.91 Å². The molecule has 4 rings (SSSR count). The molecule has 0 bridgehead atoms. The van der Waals surface area contributed by atoms with E-state index in [2.05, 4.69) is 5.10 Å². The third-order valence-corrected chi connectivity index (χ3v) is 5.46. The molecule has 0 aliphatic carbocycles. The second-order valence-corrected chi connectivity index (χ2v) is 7.13. The van der Waals surface area contributed by atoms with Gasteiger partial charge in [0.25, 0.3) is 5.56 Å². The number of nitrogens with zero attached hydrogens (tertiary/aromatic N) is 4. The normalized spacial score (nSPS) is 11.3. The molecule has 7 heteroatoms. The standard InChI is InChI=1S/C23H23FN4O2/c1-3-26(4-2)21(29)15-28-23(30)22-18(13-25-28)17-10-6-8-12-20(17)27(22)14-16-9-5-7-11-19(16)24/h5-13H,3-4,14-15H2,1-2H3. The van der Waals surface area contributed by atoms with Crippen LogP contribution in [0.15, 0.2) is 59.5 Å². The summed E-state index contributed by atoms with van der Waals surface area (Å²) in [6.07, 6.45) is 1.62. The second-order valence-electron chi connectivity index (χ2n) is 7.13. The van der Waals surface area contributed by atoms with Crippen LogP contribution >= 0.6 is 0 Å². The first kappa shape index (κ1) is 19.8. The second kappa shape index (κ2) is 8.10. The number of halogens is 1. The summed E-state index contributed by atoms with van der Waals surface area (Å²) >= 11 is 0. The highest BCUT2D eigenvalue weighted by Crippen LogP contribution is 2.27. The van der Waals surface area contributed by atoms with E-state index in [4.69, 9.17) is 0 Å². The fraction of sp³-hybridized carbons (Fsp3) is 0.261. The molecular formula is C23H23FN4O2. The number of aromatic nitrogens is 3. The number of amides is 1. The Morgan fingerprint density at radius 2 is 1.73 bits per heavy atom. The molecule has 6 nitrogen and oxygen atoms in total. The van der Waals surface area contributed by atoms with Crippen LogP contribution in [0.1, 0.15) is 19.4 Å². The molecule has 4 aromatic rings. The van der Waals surface area contributed by atoms with Crippen LogP contribution in [0, 0.1) is 5.82 Å². The lowest BCUT2D eigenvalue weighted by Gasteiger charge is -2.18. The number of hydrogen-bond acceptors (Lipinski definition) is 3. The zero-order valence-electron chi connectivity index (χ0n) is 17.0. The van der Waals surface area contributed by atoms with Crippen molar-refractivity contribution in [3.8, 4) is 0 Å². The summed E-state index contributed by atoms with van der Waals surface area (Å²) in [7, 11) is 0. The van der Waals surface area contributed by atoms with E-state index in [9.17, 15) is 14.0 Å². The van der Waals surface area contributed by atoms with E-state index < -0.39 is 0 Å². The van der Waals surface area contributed by atoms with Crippen LogP contribution in [0.2, 0.25) is 0 Å². The molecule has 0 saturated heterocycles. The summed E-state index contributed by atoms with van der Waals surface area (Å²) < 4.78 is 17.3. The number of likely N-dealkylation sites (N-methyl/N-ethyl adjacent to an activating group) is 1. The molecule has 2 heterocycles. The molecule has 0 fully saturated rings. The van der Waals surface area contributed by atoms with Gasteiger partial charge in [-0.15, -0.1) is 0 Å². The first-order valence-electron chi connectivity index (χ1n) is 10.0. The SMILES string of the molecule is CCN(CC)C(=O)Cn1ncc2c3ccccc3n(Cc3ccccc3F)c2c1=O. The molecule has 0 radical (unpaired) electrons. The van der Waals surface area contributed by atoms with Crippen molar-refractivity contribution in [1.29, 1.82) is 0 Å². The van der Waals surface area contributed by atoms with E-state index >= 15 is 0 Å². The third-order valence-electron chi connectivity index (χ3n) is 5.46. The molecule has 30 heavy (non-hydrogen) atoms. The highest BCUT2D eigenvalue weighted by molar-refractivity contribution is 6.07. The molecule has 0 aliphatic heterocycles. The summed E-state index contributed by atoms with van der Waals surface area (Å²) in [5.41, 5.74) is 1.37. The van der Waals surface area contributed by atoms with Crippen LogP contribution in [0.5, 0.6) is 0 Å². The summed E-state index contributed by atoms with van der Waals surface area (Å²) in [5.74, 6) is -0.486. The molecule has 2 aromatic heterocycles. The van der Waals surface area contributed by atoms with Crippen molar-refractivity contribution in [2.45, 2.75) is 26.9 Å². The average Bonchev–Trinajstić information content (AvgIpc) is 3.07. The number of benzene rings is 2. The van der Waals surface area contributed by atoms with E-state index in [0.717, 1.165) is 10.9 Å². The van der Waals surface area contributed by atoms with Crippen molar-refractivity contribution in [3.05, 3.63) is 76.5 Å². The van der Waals surface area contributed by atoms with Gasteiger partial charge in [0, 0.05) is 34.9 Å². The van der Waals surface area contributed by atoms with Crippen molar-refractivity contribution in [2.24, 2.45) is 0 Å². The summed E-state index contributed by atoms with van der Waals surface area (Å²) in [4.78, 5) is 27.5. The molecule has 154 valence electrons. The van der Waals surface area contributed by atoms with Gasteiger partial charge in [-0.3, -0.25) is 9.59 Å². The molecule has 0 atom stereocenters. The number of fused-ring (bicyclic) bond motifs is 3. The van der Waals surface area contributed by atoms with Gasteiger partial charge in [-0.1, -0.05) is 36.4 Å². The minimum atomic E-state index is -0.361. The van der Waals surface area contributed by atoms with Crippen molar-refractivity contribution in [1.82, 2.24) is 19.2 Å². The fourth-order valence-corrected chi connectivity index (χ4v) is 3.87. The van der Waals surface area contributed by atoms with Crippen molar-refractivity contribution < 1.29 is 9.18 Å². The zero-order valence-corrected chi connectivity index (χ0v) is 17.0. The smallest absolute Gasteiger partial charge is 0.291 e. The van der Waals surface area contributed by atoms with Crippen molar-refractivity contribution in [2.75, 3.05) is 13.1 Å². The van der Waals surface area contributed by atoms with Gasteiger partial charge in [0.15, 0.2) is 0 Å². The van der Waals surface area contributed by atoms with E-state index in [1.165, 1.54) is 10.7 Å². The van der Waals surface area contributed by atoms with E-state index in [0.29, 0.717) is 29.6 Å². The topological polar surface area (TPSA) is 60.1 Å². The Hall–Kier alpha value is -3.48. The highest BCUT2D eigenvalue weighted by atomic mass is 19.1. The van der Waals surface area contributed by atoms with Gasteiger partial charge in [0.1, 0.15) is 17.9 Å². The number of carbonyl (C=O) groups excluding carboxylic acids is 1. The van der Waals surface area contributed by atoms with Gasteiger partial charge in [-0.25, -0.2) is 9.07 Å². The lowest BCUT2D eigenvalue weighted by atomic mass is 10.2. The molecule has 0 saturated carbocycles. The summed E-state index contributed by atoms with van der Waals surface area (Å²) in [6.45, 7) is 5.01. The van der Waals surface area contributed by atoms with E-state index in [1.54, 1.807) is 29.3 Å². The molecule has 0 spiro atoms. The van der Waals surface area contributed by atoms with Gasteiger partial charge < -0.3 is 9.47 Å². The maximum Gasteiger partial charge on any atom is 0.291 e. The number of para-hydroxylation sites is 1. The Morgan fingerprint density at radius 1 is 1.03 bits per heavy atom. The molecule has 0 N–H and O–H groups in total. The average molecular weight is 406 g/mol. The molecular weight excluding hydrogens is 383 g/mol. The summed E-state index contributed by atoms with van der Waals surface area (Å²) in [6, 6.07) is 14.1. The van der Waals surface area contributed by atoms with Gasteiger partial charge in [-0.05, 0) is 26.0 Å². The summed E-state index contributed by atoms with van der Waals surface area (Å²) in [5, 5.41) is 5.82. The molecule has 0 aliphatic rings. The van der Waals surface area contributed by atoms with Gasteiger partial charge >= 0.3 is 0 Å². The quantitative estimate of drug-likeness (QED) is 0.493. The zero-order chi connectivity index (χ0) is 21.3. The highest BCUT2D eigenvalue weighted by Gasteiger charge is 2.19. The predicted octanol–water partition coefficient (Wildman–Crippen LogP) is 3.41. The molecule has 0 unspecified atom stereocenters. The minimum absolute atomic E-state index is 0.127. The first-order valence-corrected chi connectivity index (χ1v) is 10.0. The van der Waals surface area contributed by atoms with Crippen LogP contribution in [-0.2, 0) is 17.9 Å². The van der Waals surface area contributed by atoms with Gasteiger partial charge in [0.05, 0.1) is 12.7 Å². The Labute approximate surface area is 173 Å². The Balaban J connectivity index is 1.89. The number of carbonyl (C=O) groups is 1. The van der Waals surface area contributed by atoms with Crippen molar-refractivity contribution >= 4 is 27.7 Å². The van der Waals surface area contributed by atoms with Crippen LogP contribution in [-0.4, -0.2) is 38.2 Å². The first-order chi connectivity index (χ1) is 14.5. The largest absolute Gasteiger partial charge is 0.342 e. The monoisotopic (exact) mass is 406 g/mol. The van der Waals surface area contributed by atoms with Crippen LogP contribution < -0.4 is 5.56 Å². The minimum Gasteiger partial charge on any atom is -0.342 e. The Bertz CT molecular complexity index is 1290. The molecule has 2 aromatic carbocycles. The number of rotatable bonds is 6. The van der Waals surface area contributed by atoms with Crippen molar-refractivity contribution in [3.63, 3.8) is 0 Å². The molecule has 1 amide bonds. The van der Waals surface area contributed by atoms with E-state index in [-0.39, 0.29) is 30.4 Å². The lowest BCUT2D eigenvalue weighted by molar-refractivity contribution is -0.131. The third kappa shape index (κ3) is 3.36. The van der Waals surface area contributed by atoms with E-state index in [1.807, 2.05) is 42.7 Å². The fourth-order valence-electron chi connectivity index (χ4n) is 3.87. The Kier molecular flexibility index (Phi) is 5.35.